The average Bonchev–Trinajstić information content (AvgIpc) is 2.14. The zero-order chi connectivity index (χ0) is 10.2. The van der Waals surface area contributed by atoms with Crippen LogP contribution in [0.5, 0.6) is 0 Å². The van der Waals surface area contributed by atoms with E-state index in [2.05, 4.69) is 5.43 Å². The first-order valence-corrected chi connectivity index (χ1v) is 5.75. The summed E-state index contributed by atoms with van der Waals surface area (Å²) in [6.07, 6.45) is -0.149. The molecule has 6 nitrogen and oxygen atoms in total. The highest BCUT2D eigenvalue weighted by atomic mass is 32.2. The van der Waals surface area contributed by atoms with E-state index in [1.54, 1.807) is 19.0 Å². The monoisotopic (exact) mass is 226 g/mol. The van der Waals surface area contributed by atoms with E-state index in [-0.39, 0.29) is 6.17 Å². The number of nitrogens with one attached hydrogen (secondary N) is 1. The van der Waals surface area contributed by atoms with Crippen LogP contribution < -0.4 is 5.43 Å². The number of hydrogen-bond donors (Lipinski definition) is 2. The van der Waals surface area contributed by atoms with Gasteiger partial charge >= 0.3 is 0 Å². The normalized spacial score (nSPS) is 32.6. The Kier molecular flexibility index (Phi) is 3.20. The molecular formula is C5H12N3O3S2-. The van der Waals surface area contributed by atoms with E-state index >= 15 is 0 Å². The molecule has 1 rings (SSSR count). The molecule has 2 N–H and O–H groups in total. The van der Waals surface area contributed by atoms with Crippen LogP contribution in [-0.2, 0) is 22.7 Å². The van der Waals surface area contributed by atoms with Gasteiger partial charge in [0.1, 0.15) is 5.88 Å². The van der Waals surface area contributed by atoms with Crippen molar-refractivity contribution in [1.29, 1.82) is 0 Å². The Labute approximate surface area is 83.0 Å². The highest BCUT2D eigenvalue weighted by Gasteiger charge is 2.29. The van der Waals surface area contributed by atoms with Gasteiger partial charge in [-0.3, -0.25) is 14.9 Å². The van der Waals surface area contributed by atoms with Crippen LogP contribution in [0.3, 0.4) is 0 Å². The van der Waals surface area contributed by atoms with Gasteiger partial charge in [0.2, 0.25) is 0 Å². The van der Waals surface area contributed by atoms with E-state index < -0.39 is 21.5 Å². The lowest BCUT2D eigenvalue weighted by Crippen LogP contribution is -2.40. The van der Waals surface area contributed by atoms with Gasteiger partial charge in [-0.1, -0.05) is 0 Å². The number of rotatable bonds is 2. The van der Waals surface area contributed by atoms with Crippen LogP contribution in [-0.4, -0.2) is 47.5 Å². The topological polar surface area (TPSA) is 72.9 Å². The molecule has 2 unspecified atom stereocenters. The van der Waals surface area contributed by atoms with Crippen molar-refractivity contribution in [3.63, 3.8) is 0 Å². The molecule has 2 atom stereocenters. The second kappa shape index (κ2) is 3.71. The molecule has 0 amide bonds. The van der Waals surface area contributed by atoms with Crippen LogP contribution in [0.1, 0.15) is 6.92 Å². The summed E-state index contributed by atoms with van der Waals surface area (Å²) in [6, 6.07) is 0. The van der Waals surface area contributed by atoms with Gasteiger partial charge in [-0.2, -0.15) is 8.42 Å². The minimum Gasteiger partial charge on any atom is -0.757 e. The molecule has 1 aliphatic rings. The lowest BCUT2D eigenvalue weighted by Gasteiger charge is -2.29. The Morgan fingerprint density at radius 1 is 1.62 bits per heavy atom. The lowest BCUT2D eigenvalue weighted by atomic mass is 10.5. The van der Waals surface area contributed by atoms with Gasteiger partial charge in [0.05, 0.1) is 6.17 Å². The first-order chi connectivity index (χ1) is 5.81. The molecule has 0 aliphatic carbocycles. The Hall–Kier alpha value is 0.140. The molecule has 0 spiro atoms. The first-order valence-electron chi connectivity index (χ1n) is 3.67. The molecule has 1 fully saturated rings. The minimum absolute atomic E-state index is 0.149. The minimum atomic E-state index is -4.00. The van der Waals surface area contributed by atoms with Crippen LogP contribution in [0.15, 0.2) is 0 Å². The average molecular weight is 226 g/mol. The van der Waals surface area contributed by atoms with Crippen molar-refractivity contribution in [3.8, 4) is 0 Å². The predicted octanol–water partition coefficient (Wildman–Crippen LogP) is -1.24. The summed E-state index contributed by atoms with van der Waals surface area (Å²) in [4.78, 5) is 1.46. The van der Waals surface area contributed by atoms with Crippen LogP contribution in [0.25, 0.3) is 0 Å². The standard InChI is InChI=1S/C5H13N3O3S2/c1-4-7(2)6-5(12)8(4)3-13(9,10)11/h4-6,12H,3H2,1-2H3,(H,9,10,11)/p-1. The third kappa shape index (κ3) is 2.79. The molecule has 0 aromatic rings. The quantitative estimate of drug-likeness (QED) is 0.451. The van der Waals surface area contributed by atoms with E-state index in [0.717, 1.165) is 0 Å². The van der Waals surface area contributed by atoms with E-state index in [0.29, 0.717) is 0 Å². The third-order valence-electron chi connectivity index (χ3n) is 1.97. The van der Waals surface area contributed by atoms with Gasteiger partial charge in [0.15, 0.2) is 0 Å². The van der Waals surface area contributed by atoms with Crippen molar-refractivity contribution in [3.05, 3.63) is 0 Å². The molecule has 0 radical (unpaired) electrons. The van der Waals surface area contributed by atoms with Gasteiger partial charge < -0.3 is 12.6 Å². The molecule has 0 aromatic heterocycles. The molecule has 1 heterocycles. The van der Waals surface area contributed by atoms with E-state index in [9.17, 15) is 8.42 Å². The molecular weight excluding hydrogens is 214 g/mol. The van der Waals surface area contributed by atoms with Gasteiger partial charge in [0.25, 0.3) is 10.1 Å². The lowest BCUT2D eigenvalue weighted by molar-refractivity contribution is 0.174. The summed E-state index contributed by atoms with van der Waals surface area (Å²) < 4.78 is 29.9. The largest absolute Gasteiger partial charge is 0.757 e. The zero-order valence-corrected chi connectivity index (χ0v) is 8.97. The molecule has 8 heteroatoms. The smallest absolute Gasteiger partial charge is 0.278 e. The fourth-order valence-corrected chi connectivity index (χ4v) is 2.39. The second-order valence-corrected chi connectivity index (χ2v) is 4.82. The summed E-state index contributed by atoms with van der Waals surface area (Å²) >= 11 is 4.94. The van der Waals surface area contributed by atoms with Gasteiger partial charge in [-0.15, -0.1) is 0 Å². The maximum absolute atomic E-state index is 10.6. The van der Waals surface area contributed by atoms with Crippen molar-refractivity contribution in [2.24, 2.45) is 0 Å². The van der Waals surface area contributed by atoms with Gasteiger partial charge in [0, 0.05) is 7.05 Å². The van der Waals surface area contributed by atoms with Crippen molar-refractivity contribution >= 4 is 22.7 Å². The summed E-state index contributed by atoms with van der Waals surface area (Å²) in [5, 5.41) is 1.70. The van der Waals surface area contributed by atoms with Crippen molar-refractivity contribution in [2.75, 3.05) is 12.9 Å². The van der Waals surface area contributed by atoms with Crippen LogP contribution >= 0.6 is 0 Å². The van der Waals surface area contributed by atoms with E-state index in [4.69, 9.17) is 17.2 Å². The van der Waals surface area contributed by atoms with Gasteiger partial charge in [-0.25, -0.2) is 5.01 Å². The maximum Gasteiger partial charge on any atom is 0.278 e. The molecule has 1 aliphatic heterocycles. The Morgan fingerprint density at radius 2 is 2.15 bits per heavy atom. The highest BCUT2D eigenvalue weighted by molar-refractivity contribution is 7.85. The molecule has 0 saturated carbocycles. The van der Waals surface area contributed by atoms with Crippen LogP contribution in [0.2, 0.25) is 0 Å². The number of hydrazine groups is 1. The summed E-state index contributed by atoms with van der Waals surface area (Å²) in [6.45, 7) is 1.80. The predicted molar refractivity (Wildman–Crippen MR) is 49.8 cm³/mol. The zero-order valence-electron chi connectivity index (χ0n) is 7.34. The SMILES string of the molecule is CC1N(C)NC([S-])N1CS(=O)(=O)O. The van der Waals surface area contributed by atoms with Crippen molar-refractivity contribution < 1.29 is 13.0 Å². The first kappa shape index (κ1) is 11.2. The Morgan fingerprint density at radius 3 is 2.46 bits per heavy atom. The van der Waals surface area contributed by atoms with Crippen molar-refractivity contribution in [1.82, 2.24) is 15.3 Å². The van der Waals surface area contributed by atoms with Gasteiger partial charge in [-0.05, 0) is 12.4 Å². The molecule has 0 bridgehead atoms. The number of nitrogens with zero attached hydrogens (tertiary/aromatic N) is 2. The van der Waals surface area contributed by atoms with Crippen LogP contribution in [0, 0.1) is 0 Å². The summed E-state index contributed by atoms with van der Waals surface area (Å²) in [5.41, 5.74) is 2.34. The third-order valence-corrected chi connectivity index (χ3v) is 2.97. The fraction of sp³-hybridized carbons (Fsp3) is 1.00. The number of hydrogen-bond acceptors (Lipinski definition) is 6. The highest BCUT2D eigenvalue weighted by Crippen LogP contribution is 2.13. The van der Waals surface area contributed by atoms with Crippen molar-refractivity contribution in [2.45, 2.75) is 18.6 Å². The van der Waals surface area contributed by atoms with Crippen LogP contribution in [0.4, 0.5) is 0 Å². The molecule has 0 aromatic carbocycles. The molecule has 1 saturated heterocycles. The fourth-order valence-electron chi connectivity index (χ4n) is 1.14. The Bertz CT molecular complexity index is 281. The molecule has 13 heavy (non-hydrogen) atoms. The second-order valence-electron chi connectivity index (χ2n) is 2.95. The summed E-state index contributed by atoms with van der Waals surface area (Å²) in [7, 11) is -2.25. The van der Waals surface area contributed by atoms with E-state index in [1.165, 1.54) is 4.90 Å². The molecule has 78 valence electrons. The van der Waals surface area contributed by atoms with E-state index in [1.807, 2.05) is 0 Å². The summed E-state index contributed by atoms with van der Waals surface area (Å²) in [5.74, 6) is -0.445. The maximum atomic E-state index is 10.6. The Balaban J connectivity index is 2.70.